The van der Waals surface area contributed by atoms with Crippen LogP contribution in [0.25, 0.3) is 0 Å². The largest absolute Gasteiger partial charge is 0.356 e. The summed E-state index contributed by atoms with van der Waals surface area (Å²) in [5.74, 6) is 1.36. The Kier molecular flexibility index (Phi) is 7.60. The molecule has 1 saturated heterocycles. The lowest BCUT2D eigenvalue weighted by atomic mass is 10.0. The van der Waals surface area contributed by atoms with Crippen LogP contribution < -0.4 is 5.32 Å². The first-order chi connectivity index (χ1) is 11.2. The maximum Gasteiger partial charge on any atom is 0.220 e. The topological polar surface area (TPSA) is 32.3 Å². The molecule has 1 aromatic rings. The molecule has 1 aromatic carbocycles. The molecule has 1 fully saturated rings. The third kappa shape index (κ3) is 6.74. The van der Waals surface area contributed by atoms with Gasteiger partial charge >= 0.3 is 0 Å². The lowest BCUT2D eigenvalue weighted by Crippen LogP contribution is -2.32. The van der Waals surface area contributed by atoms with Crippen LogP contribution in [0, 0.1) is 11.8 Å². The van der Waals surface area contributed by atoms with Gasteiger partial charge in [0.15, 0.2) is 0 Å². The average Bonchev–Trinajstić information content (AvgIpc) is 3.00. The summed E-state index contributed by atoms with van der Waals surface area (Å²) < 4.78 is 0. The third-order valence-corrected chi connectivity index (χ3v) is 4.83. The number of amides is 1. The molecular weight excluding hydrogens is 284 g/mol. The summed E-state index contributed by atoms with van der Waals surface area (Å²) in [5, 5.41) is 3.14. The van der Waals surface area contributed by atoms with E-state index in [9.17, 15) is 4.79 Å². The molecule has 0 aromatic heterocycles. The summed E-state index contributed by atoms with van der Waals surface area (Å²) in [6, 6.07) is 10.7. The molecule has 23 heavy (non-hydrogen) atoms. The summed E-state index contributed by atoms with van der Waals surface area (Å²) >= 11 is 0. The summed E-state index contributed by atoms with van der Waals surface area (Å²) in [6.45, 7) is 8.61. The van der Waals surface area contributed by atoms with E-state index in [0.717, 1.165) is 38.9 Å². The number of carbonyl (C=O) groups is 1. The highest BCUT2D eigenvalue weighted by Crippen LogP contribution is 2.16. The van der Waals surface area contributed by atoms with E-state index >= 15 is 0 Å². The van der Waals surface area contributed by atoms with E-state index in [2.05, 4.69) is 54.4 Å². The molecule has 0 spiro atoms. The maximum atomic E-state index is 12.0. The van der Waals surface area contributed by atoms with Gasteiger partial charge < -0.3 is 10.2 Å². The standard InChI is InChI=1S/C20H32N2O/c1-3-7-17(2)14-20(23)21-15-19-11-13-22(16-19)12-10-18-8-5-4-6-9-18/h4-6,8-9,17,19H,3,7,10-16H2,1-2H3,(H,21,23). The van der Waals surface area contributed by atoms with E-state index in [1.165, 1.54) is 18.5 Å². The van der Waals surface area contributed by atoms with Gasteiger partial charge in [-0.25, -0.2) is 0 Å². The van der Waals surface area contributed by atoms with Crippen LogP contribution in [0.4, 0.5) is 0 Å². The molecule has 3 heteroatoms. The Morgan fingerprint density at radius 1 is 1.35 bits per heavy atom. The minimum atomic E-state index is 0.230. The first-order valence-corrected chi connectivity index (χ1v) is 9.20. The van der Waals surface area contributed by atoms with Crippen molar-refractivity contribution in [3.05, 3.63) is 35.9 Å². The van der Waals surface area contributed by atoms with Crippen LogP contribution >= 0.6 is 0 Å². The van der Waals surface area contributed by atoms with Crippen molar-refractivity contribution in [2.24, 2.45) is 11.8 Å². The predicted molar refractivity (Wildman–Crippen MR) is 96.4 cm³/mol. The molecular formula is C20H32N2O. The molecule has 1 aliphatic rings. The Morgan fingerprint density at radius 3 is 2.87 bits per heavy atom. The summed E-state index contributed by atoms with van der Waals surface area (Å²) in [6.07, 6.45) is 5.31. The fraction of sp³-hybridized carbons (Fsp3) is 0.650. The number of hydrogen-bond acceptors (Lipinski definition) is 2. The summed E-state index contributed by atoms with van der Waals surface area (Å²) in [7, 11) is 0. The second-order valence-electron chi connectivity index (χ2n) is 7.09. The predicted octanol–water partition coefficient (Wildman–Crippen LogP) is 3.49. The van der Waals surface area contributed by atoms with E-state index in [1.54, 1.807) is 0 Å². The fourth-order valence-electron chi connectivity index (χ4n) is 3.46. The summed E-state index contributed by atoms with van der Waals surface area (Å²) in [4.78, 5) is 14.5. The van der Waals surface area contributed by atoms with Crippen molar-refractivity contribution in [1.29, 1.82) is 0 Å². The second-order valence-corrected chi connectivity index (χ2v) is 7.09. The number of likely N-dealkylation sites (tertiary alicyclic amines) is 1. The Hall–Kier alpha value is -1.35. The van der Waals surface area contributed by atoms with Gasteiger partial charge in [-0.15, -0.1) is 0 Å². The normalized spacial score (nSPS) is 19.7. The second kappa shape index (κ2) is 9.71. The summed E-state index contributed by atoms with van der Waals surface area (Å²) in [5.41, 5.74) is 1.41. The molecule has 2 atom stereocenters. The van der Waals surface area contributed by atoms with E-state index < -0.39 is 0 Å². The van der Waals surface area contributed by atoms with Crippen LogP contribution in [0.5, 0.6) is 0 Å². The lowest BCUT2D eigenvalue weighted by Gasteiger charge is -2.17. The first kappa shape index (κ1) is 18.0. The van der Waals surface area contributed by atoms with Crippen LogP contribution in [0.1, 0.15) is 45.1 Å². The number of carbonyl (C=O) groups excluding carboxylic acids is 1. The highest BCUT2D eigenvalue weighted by atomic mass is 16.1. The number of nitrogens with zero attached hydrogens (tertiary/aromatic N) is 1. The lowest BCUT2D eigenvalue weighted by molar-refractivity contribution is -0.122. The molecule has 1 N–H and O–H groups in total. The zero-order valence-corrected chi connectivity index (χ0v) is 14.8. The highest BCUT2D eigenvalue weighted by molar-refractivity contribution is 5.76. The highest BCUT2D eigenvalue weighted by Gasteiger charge is 2.22. The molecule has 2 unspecified atom stereocenters. The van der Waals surface area contributed by atoms with Gasteiger partial charge in [0, 0.05) is 26.1 Å². The van der Waals surface area contributed by atoms with Crippen molar-refractivity contribution < 1.29 is 4.79 Å². The van der Waals surface area contributed by atoms with Crippen molar-refractivity contribution >= 4 is 5.91 Å². The van der Waals surface area contributed by atoms with Crippen LogP contribution in [0.2, 0.25) is 0 Å². The Morgan fingerprint density at radius 2 is 2.13 bits per heavy atom. The van der Waals surface area contributed by atoms with E-state index in [1.807, 2.05) is 0 Å². The van der Waals surface area contributed by atoms with Gasteiger partial charge in [0.05, 0.1) is 0 Å². The van der Waals surface area contributed by atoms with Gasteiger partial charge in [-0.1, -0.05) is 57.0 Å². The average molecular weight is 316 g/mol. The molecule has 1 amide bonds. The molecule has 2 rings (SSSR count). The van der Waals surface area contributed by atoms with Crippen molar-refractivity contribution in [3.8, 4) is 0 Å². The van der Waals surface area contributed by atoms with Crippen molar-refractivity contribution in [2.45, 2.75) is 46.0 Å². The Labute approximate surface area is 141 Å². The van der Waals surface area contributed by atoms with Crippen LogP contribution in [-0.2, 0) is 11.2 Å². The molecule has 0 radical (unpaired) electrons. The minimum Gasteiger partial charge on any atom is -0.356 e. The first-order valence-electron chi connectivity index (χ1n) is 9.20. The fourth-order valence-corrected chi connectivity index (χ4v) is 3.46. The van der Waals surface area contributed by atoms with Crippen molar-refractivity contribution in [3.63, 3.8) is 0 Å². The van der Waals surface area contributed by atoms with E-state index in [4.69, 9.17) is 0 Å². The Bertz CT molecular complexity index is 460. The van der Waals surface area contributed by atoms with Crippen LogP contribution in [-0.4, -0.2) is 37.0 Å². The Balaban J connectivity index is 1.60. The number of rotatable bonds is 9. The minimum absolute atomic E-state index is 0.230. The zero-order chi connectivity index (χ0) is 16.5. The number of nitrogens with one attached hydrogen (secondary N) is 1. The SMILES string of the molecule is CCCC(C)CC(=O)NCC1CCN(CCc2ccccc2)C1. The number of hydrogen-bond donors (Lipinski definition) is 1. The molecule has 3 nitrogen and oxygen atoms in total. The van der Waals surface area contributed by atoms with E-state index in [-0.39, 0.29) is 5.91 Å². The van der Waals surface area contributed by atoms with Crippen molar-refractivity contribution in [1.82, 2.24) is 10.2 Å². The smallest absolute Gasteiger partial charge is 0.220 e. The molecule has 1 heterocycles. The van der Waals surface area contributed by atoms with Crippen LogP contribution in [0.15, 0.2) is 30.3 Å². The third-order valence-electron chi connectivity index (χ3n) is 4.83. The van der Waals surface area contributed by atoms with Gasteiger partial charge in [0.25, 0.3) is 0 Å². The van der Waals surface area contributed by atoms with E-state index in [0.29, 0.717) is 18.3 Å². The molecule has 1 aliphatic heterocycles. The van der Waals surface area contributed by atoms with Gasteiger partial charge in [0.1, 0.15) is 0 Å². The zero-order valence-electron chi connectivity index (χ0n) is 14.8. The van der Waals surface area contributed by atoms with Gasteiger partial charge in [-0.2, -0.15) is 0 Å². The quantitative estimate of drug-likeness (QED) is 0.756. The van der Waals surface area contributed by atoms with Gasteiger partial charge in [-0.05, 0) is 36.8 Å². The molecule has 0 bridgehead atoms. The van der Waals surface area contributed by atoms with Gasteiger partial charge in [0.2, 0.25) is 5.91 Å². The molecule has 0 aliphatic carbocycles. The van der Waals surface area contributed by atoms with Gasteiger partial charge in [-0.3, -0.25) is 4.79 Å². The van der Waals surface area contributed by atoms with Crippen molar-refractivity contribution in [2.75, 3.05) is 26.2 Å². The number of benzene rings is 1. The maximum absolute atomic E-state index is 12.0. The molecule has 128 valence electrons. The molecule has 0 saturated carbocycles. The van der Waals surface area contributed by atoms with Crippen LogP contribution in [0.3, 0.4) is 0 Å². The monoisotopic (exact) mass is 316 g/mol.